The number of methoxy groups -OCH3 is 1. The van der Waals surface area contributed by atoms with Gasteiger partial charge >= 0.3 is 5.97 Å². The van der Waals surface area contributed by atoms with Crippen LogP contribution in [0, 0.1) is 0 Å². The second-order valence-electron chi connectivity index (χ2n) is 3.26. The van der Waals surface area contributed by atoms with Crippen molar-refractivity contribution in [2.24, 2.45) is 5.73 Å². The van der Waals surface area contributed by atoms with E-state index in [4.69, 9.17) is 15.2 Å². The number of ether oxygens (including phenoxy) is 2. The quantitative estimate of drug-likeness (QED) is 0.473. The molecule has 2 N–H and O–H groups in total. The number of unbranched alkanes of at least 4 members (excludes halogenated alkanes) is 1. The van der Waals surface area contributed by atoms with E-state index in [9.17, 15) is 4.79 Å². The summed E-state index contributed by atoms with van der Waals surface area (Å²) in [6.07, 6.45) is 3.34. The van der Waals surface area contributed by atoms with Gasteiger partial charge in [-0.2, -0.15) is 0 Å². The van der Waals surface area contributed by atoms with Crippen LogP contribution in [0.25, 0.3) is 0 Å². The lowest BCUT2D eigenvalue weighted by molar-refractivity contribution is -0.145. The fourth-order valence-corrected chi connectivity index (χ4v) is 0.990. The molecule has 84 valence electrons. The zero-order valence-electron chi connectivity index (χ0n) is 9.12. The van der Waals surface area contributed by atoms with E-state index >= 15 is 0 Å². The van der Waals surface area contributed by atoms with Crippen molar-refractivity contribution in [3.05, 3.63) is 0 Å². The normalized spacial score (nSPS) is 12.5. The molecule has 0 fully saturated rings. The topological polar surface area (TPSA) is 61.5 Å². The second kappa shape index (κ2) is 8.97. The minimum Gasteiger partial charge on any atom is -0.465 e. The predicted octanol–water partition coefficient (Wildman–Crippen LogP) is 1.08. The van der Waals surface area contributed by atoms with Gasteiger partial charge in [0.05, 0.1) is 6.61 Å². The molecule has 0 aliphatic heterocycles. The molecular weight excluding hydrogens is 182 g/mol. The Labute approximate surface area is 85.8 Å². The van der Waals surface area contributed by atoms with Crippen LogP contribution in [0.3, 0.4) is 0 Å². The molecule has 0 heterocycles. The highest BCUT2D eigenvalue weighted by Crippen LogP contribution is 1.98. The highest BCUT2D eigenvalue weighted by Gasteiger charge is 2.13. The second-order valence-corrected chi connectivity index (χ2v) is 3.26. The molecule has 0 aromatic heterocycles. The number of nitrogens with two attached hydrogens (primary N) is 1. The summed E-state index contributed by atoms with van der Waals surface area (Å²) in [5.74, 6) is -0.297. The standard InChI is InChI=1S/C10H21NO3/c1-3-4-8-14-10(12)9(11)6-5-7-13-2/h9H,3-8,11H2,1-2H3. The van der Waals surface area contributed by atoms with Crippen molar-refractivity contribution in [3.8, 4) is 0 Å². The van der Waals surface area contributed by atoms with Gasteiger partial charge in [-0.3, -0.25) is 4.79 Å². The molecule has 0 aromatic carbocycles. The van der Waals surface area contributed by atoms with Crippen molar-refractivity contribution in [2.75, 3.05) is 20.3 Å². The van der Waals surface area contributed by atoms with Crippen LogP contribution in [0.1, 0.15) is 32.6 Å². The zero-order valence-corrected chi connectivity index (χ0v) is 9.12. The Balaban J connectivity index is 3.44. The maximum Gasteiger partial charge on any atom is 0.322 e. The van der Waals surface area contributed by atoms with Crippen molar-refractivity contribution in [1.82, 2.24) is 0 Å². The lowest BCUT2D eigenvalue weighted by Gasteiger charge is -2.10. The first-order chi connectivity index (χ1) is 6.72. The summed E-state index contributed by atoms with van der Waals surface area (Å²) in [7, 11) is 1.63. The summed E-state index contributed by atoms with van der Waals surface area (Å²) in [6, 6.07) is -0.498. The van der Waals surface area contributed by atoms with Gasteiger partial charge in [-0.15, -0.1) is 0 Å². The van der Waals surface area contributed by atoms with Gasteiger partial charge in [-0.25, -0.2) is 0 Å². The summed E-state index contributed by atoms with van der Waals surface area (Å²) >= 11 is 0. The van der Waals surface area contributed by atoms with Gasteiger partial charge in [-0.05, 0) is 19.3 Å². The monoisotopic (exact) mass is 203 g/mol. The molecule has 0 saturated carbocycles. The largest absolute Gasteiger partial charge is 0.465 e. The third kappa shape index (κ3) is 6.86. The third-order valence-corrected chi connectivity index (χ3v) is 1.91. The van der Waals surface area contributed by atoms with Crippen LogP contribution in [0.4, 0.5) is 0 Å². The smallest absolute Gasteiger partial charge is 0.322 e. The van der Waals surface area contributed by atoms with E-state index in [1.807, 2.05) is 6.92 Å². The molecule has 0 aliphatic carbocycles. The summed E-state index contributed by atoms with van der Waals surface area (Å²) in [5, 5.41) is 0. The van der Waals surface area contributed by atoms with Crippen LogP contribution in [0.15, 0.2) is 0 Å². The van der Waals surface area contributed by atoms with E-state index in [-0.39, 0.29) is 5.97 Å². The Morgan fingerprint density at radius 1 is 1.36 bits per heavy atom. The first-order valence-electron chi connectivity index (χ1n) is 5.13. The number of esters is 1. The van der Waals surface area contributed by atoms with Crippen molar-refractivity contribution in [1.29, 1.82) is 0 Å². The van der Waals surface area contributed by atoms with Gasteiger partial charge in [0.2, 0.25) is 0 Å². The van der Waals surface area contributed by atoms with Crippen LogP contribution in [0.5, 0.6) is 0 Å². The minimum absolute atomic E-state index is 0.297. The fraction of sp³-hybridized carbons (Fsp3) is 0.900. The molecule has 0 spiro atoms. The molecule has 0 aliphatic rings. The molecule has 0 radical (unpaired) electrons. The molecule has 0 bridgehead atoms. The number of rotatable bonds is 8. The number of hydrogen-bond donors (Lipinski definition) is 1. The first-order valence-corrected chi connectivity index (χ1v) is 5.13. The summed E-state index contributed by atoms with van der Waals surface area (Å²) < 4.78 is 9.83. The molecule has 1 unspecified atom stereocenters. The maximum atomic E-state index is 11.2. The van der Waals surface area contributed by atoms with E-state index in [1.165, 1.54) is 0 Å². The van der Waals surface area contributed by atoms with Gasteiger partial charge in [0.1, 0.15) is 6.04 Å². The average molecular weight is 203 g/mol. The lowest BCUT2D eigenvalue weighted by atomic mass is 10.2. The average Bonchev–Trinajstić information content (AvgIpc) is 2.18. The SMILES string of the molecule is CCCCOC(=O)C(N)CCCOC. The van der Waals surface area contributed by atoms with Crippen LogP contribution >= 0.6 is 0 Å². The Bertz CT molecular complexity index is 150. The summed E-state index contributed by atoms with van der Waals surface area (Å²) in [4.78, 5) is 11.2. The minimum atomic E-state index is -0.498. The van der Waals surface area contributed by atoms with E-state index in [0.29, 0.717) is 19.6 Å². The van der Waals surface area contributed by atoms with Gasteiger partial charge in [-0.1, -0.05) is 13.3 Å². The Hall–Kier alpha value is -0.610. The van der Waals surface area contributed by atoms with Crippen molar-refractivity contribution < 1.29 is 14.3 Å². The molecular formula is C10H21NO3. The predicted molar refractivity (Wildman–Crippen MR) is 55.0 cm³/mol. The number of hydrogen-bond acceptors (Lipinski definition) is 4. The number of carbonyl (C=O) groups excluding carboxylic acids is 1. The Morgan fingerprint density at radius 2 is 2.07 bits per heavy atom. The molecule has 4 heteroatoms. The summed E-state index contributed by atoms with van der Waals surface area (Å²) in [6.45, 7) is 3.16. The first kappa shape index (κ1) is 13.4. The Kier molecular flexibility index (Phi) is 8.57. The van der Waals surface area contributed by atoms with Gasteiger partial charge in [0, 0.05) is 13.7 Å². The molecule has 0 aromatic rings. The van der Waals surface area contributed by atoms with Gasteiger partial charge in [0.15, 0.2) is 0 Å². The fourth-order valence-electron chi connectivity index (χ4n) is 0.990. The molecule has 1 atom stereocenters. The molecule has 0 saturated heterocycles. The van der Waals surface area contributed by atoms with E-state index < -0.39 is 6.04 Å². The van der Waals surface area contributed by atoms with Crippen molar-refractivity contribution in [2.45, 2.75) is 38.6 Å². The molecule has 0 rings (SSSR count). The molecule has 0 amide bonds. The van der Waals surface area contributed by atoms with Crippen LogP contribution in [-0.2, 0) is 14.3 Å². The van der Waals surface area contributed by atoms with Crippen LogP contribution in [-0.4, -0.2) is 32.3 Å². The zero-order chi connectivity index (χ0) is 10.8. The van der Waals surface area contributed by atoms with Gasteiger partial charge in [0.25, 0.3) is 0 Å². The molecule has 14 heavy (non-hydrogen) atoms. The number of carbonyl (C=O) groups is 1. The maximum absolute atomic E-state index is 11.2. The summed E-state index contributed by atoms with van der Waals surface area (Å²) in [5.41, 5.74) is 5.61. The van der Waals surface area contributed by atoms with Crippen molar-refractivity contribution >= 4 is 5.97 Å². The van der Waals surface area contributed by atoms with Gasteiger partial charge < -0.3 is 15.2 Å². The van der Waals surface area contributed by atoms with E-state index in [2.05, 4.69) is 0 Å². The van der Waals surface area contributed by atoms with E-state index in [1.54, 1.807) is 7.11 Å². The molecule has 4 nitrogen and oxygen atoms in total. The van der Waals surface area contributed by atoms with Crippen LogP contribution < -0.4 is 5.73 Å². The lowest BCUT2D eigenvalue weighted by Crippen LogP contribution is -2.32. The highest BCUT2D eigenvalue weighted by molar-refractivity contribution is 5.75. The third-order valence-electron chi connectivity index (χ3n) is 1.91. The van der Waals surface area contributed by atoms with E-state index in [0.717, 1.165) is 19.3 Å². The van der Waals surface area contributed by atoms with Crippen molar-refractivity contribution in [3.63, 3.8) is 0 Å². The Morgan fingerprint density at radius 3 is 2.64 bits per heavy atom. The van der Waals surface area contributed by atoms with Crippen LogP contribution in [0.2, 0.25) is 0 Å². The highest BCUT2D eigenvalue weighted by atomic mass is 16.5.